The van der Waals surface area contributed by atoms with Crippen molar-refractivity contribution in [3.05, 3.63) is 28.2 Å². The Morgan fingerprint density at radius 1 is 1.53 bits per heavy atom. The summed E-state index contributed by atoms with van der Waals surface area (Å²) in [6.07, 6.45) is 1.12. The maximum atomic E-state index is 12.0. The Morgan fingerprint density at radius 2 is 2.16 bits per heavy atom. The monoisotopic (exact) mass is 346 g/mol. The molecule has 104 valence electrons. The Morgan fingerprint density at radius 3 is 2.68 bits per heavy atom. The third kappa shape index (κ3) is 3.55. The molecule has 0 spiro atoms. The number of nitrogens with one attached hydrogen (secondary N) is 1. The largest absolute Gasteiger partial charge is 0.352 e. The van der Waals surface area contributed by atoms with Crippen LogP contribution in [0.15, 0.2) is 27.6 Å². The van der Waals surface area contributed by atoms with Gasteiger partial charge >= 0.3 is 0 Å². The van der Waals surface area contributed by atoms with Crippen LogP contribution < -0.4 is 10.5 Å². The molecule has 0 radical (unpaired) electrons. The van der Waals surface area contributed by atoms with Crippen LogP contribution in [-0.2, 0) is 10.0 Å². The lowest BCUT2D eigenvalue weighted by molar-refractivity contribution is 0.0950. The first-order valence-corrected chi connectivity index (χ1v) is 8.23. The molecule has 1 aliphatic carbocycles. The molecule has 1 aromatic rings. The molecule has 1 amide bonds. The number of carbonyl (C=O) groups is 1. The molecule has 5 nitrogen and oxygen atoms in total. The van der Waals surface area contributed by atoms with Crippen LogP contribution in [0.25, 0.3) is 0 Å². The highest BCUT2D eigenvalue weighted by Gasteiger charge is 2.32. The molecule has 0 saturated heterocycles. The summed E-state index contributed by atoms with van der Waals surface area (Å²) in [5.41, 5.74) is 0.278. The van der Waals surface area contributed by atoms with Crippen LogP contribution in [0.5, 0.6) is 0 Å². The van der Waals surface area contributed by atoms with Gasteiger partial charge < -0.3 is 5.32 Å². The minimum absolute atomic E-state index is 0.0689. The van der Waals surface area contributed by atoms with Gasteiger partial charge in [0.2, 0.25) is 10.0 Å². The van der Waals surface area contributed by atoms with Gasteiger partial charge in [0.15, 0.2) is 0 Å². The minimum Gasteiger partial charge on any atom is -0.352 e. The van der Waals surface area contributed by atoms with Gasteiger partial charge in [0.1, 0.15) is 0 Å². The van der Waals surface area contributed by atoms with Gasteiger partial charge in [-0.05, 0) is 52.4 Å². The quantitative estimate of drug-likeness (QED) is 0.865. The normalized spacial score (nSPS) is 22.1. The van der Waals surface area contributed by atoms with Crippen molar-refractivity contribution in [2.24, 2.45) is 17.0 Å². The number of halogens is 1. The van der Waals surface area contributed by atoms with Gasteiger partial charge in [-0.2, -0.15) is 0 Å². The van der Waals surface area contributed by atoms with E-state index in [1.54, 1.807) is 0 Å². The topological polar surface area (TPSA) is 89.3 Å². The number of benzene rings is 1. The lowest BCUT2D eigenvalue weighted by atomic mass is 10.2. The molecule has 7 heteroatoms. The van der Waals surface area contributed by atoms with Crippen molar-refractivity contribution in [2.45, 2.75) is 18.2 Å². The number of hydrogen-bond donors (Lipinski definition) is 2. The first kappa shape index (κ1) is 14.5. The highest BCUT2D eigenvalue weighted by Crippen LogP contribution is 2.36. The molecule has 0 unspecified atom stereocenters. The van der Waals surface area contributed by atoms with E-state index in [2.05, 4.69) is 28.2 Å². The minimum atomic E-state index is -3.80. The van der Waals surface area contributed by atoms with E-state index in [-0.39, 0.29) is 16.4 Å². The van der Waals surface area contributed by atoms with E-state index in [9.17, 15) is 13.2 Å². The number of nitrogens with two attached hydrogens (primary N) is 1. The zero-order valence-corrected chi connectivity index (χ0v) is 12.8. The predicted octanol–water partition coefficient (Wildman–Crippen LogP) is 1.48. The summed E-state index contributed by atoms with van der Waals surface area (Å²) < 4.78 is 23.1. The highest BCUT2D eigenvalue weighted by molar-refractivity contribution is 9.10. The maximum absolute atomic E-state index is 12.0. The van der Waals surface area contributed by atoms with E-state index in [0.717, 1.165) is 6.42 Å². The third-order valence-corrected chi connectivity index (χ3v) is 4.91. The van der Waals surface area contributed by atoms with Crippen LogP contribution in [0.3, 0.4) is 0 Å². The molecule has 1 aromatic carbocycles. The van der Waals surface area contributed by atoms with E-state index in [4.69, 9.17) is 5.14 Å². The van der Waals surface area contributed by atoms with Gasteiger partial charge in [0, 0.05) is 11.0 Å². The number of carbonyl (C=O) groups excluding carboxylic acids is 1. The lowest BCUT2D eigenvalue weighted by Crippen LogP contribution is -2.26. The summed E-state index contributed by atoms with van der Waals surface area (Å²) in [6, 6.07) is 4.15. The summed E-state index contributed by atoms with van der Waals surface area (Å²) in [6.45, 7) is 2.75. The van der Waals surface area contributed by atoms with Gasteiger partial charge in [0.25, 0.3) is 5.91 Å². The average Bonchev–Trinajstić information content (AvgIpc) is 3.01. The maximum Gasteiger partial charge on any atom is 0.252 e. The van der Waals surface area contributed by atoms with Crippen LogP contribution >= 0.6 is 15.9 Å². The van der Waals surface area contributed by atoms with Crippen molar-refractivity contribution < 1.29 is 13.2 Å². The van der Waals surface area contributed by atoms with Crippen molar-refractivity contribution in [2.75, 3.05) is 6.54 Å². The van der Waals surface area contributed by atoms with E-state index in [1.165, 1.54) is 18.2 Å². The van der Waals surface area contributed by atoms with Gasteiger partial charge in [-0.1, -0.05) is 6.92 Å². The molecular weight excluding hydrogens is 332 g/mol. The fourth-order valence-corrected chi connectivity index (χ4v) is 2.82. The molecule has 0 heterocycles. The van der Waals surface area contributed by atoms with Gasteiger partial charge in [-0.3, -0.25) is 4.79 Å². The number of amides is 1. The molecule has 0 aromatic heterocycles. The third-order valence-electron chi connectivity index (χ3n) is 3.31. The molecule has 2 atom stereocenters. The number of primary sulfonamides is 1. The smallest absolute Gasteiger partial charge is 0.252 e. The number of rotatable bonds is 4. The standard InChI is InChI=1S/C12H15BrN2O3S/c1-7-4-8(7)6-15-12(16)10-5-9(19(14,17)18)2-3-11(10)13/h2-3,5,7-8H,4,6H2,1H3,(H,15,16)(H2,14,17,18)/t7-,8+/m0/s1. The van der Waals surface area contributed by atoms with Crippen LogP contribution in [0.2, 0.25) is 0 Å². The highest BCUT2D eigenvalue weighted by atomic mass is 79.9. The molecule has 1 aliphatic rings. The van der Waals surface area contributed by atoms with Gasteiger partial charge in [-0.25, -0.2) is 13.6 Å². The predicted molar refractivity (Wildman–Crippen MR) is 75.1 cm³/mol. The van der Waals surface area contributed by atoms with Crippen molar-refractivity contribution in [3.63, 3.8) is 0 Å². The van der Waals surface area contributed by atoms with E-state index in [0.29, 0.717) is 22.9 Å². The molecular formula is C12H15BrN2O3S. The van der Waals surface area contributed by atoms with Gasteiger partial charge in [0.05, 0.1) is 10.5 Å². The summed E-state index contributed by atoms with van der Waals surface area (Å²) in [4.78, 5) is 11.9. The summed E-state index contributed by atoms with van der Waals surface area (Å²) in [7, 11) is -3.80. The second-order valence-corrected chi connectivity index (χ2v) is 7.29. The Hall–Kier alpha value is -0.920. The molecule has 3 N–H and O–H groups in total. The summed E-state index contributed by atoms with van der Waals surface area (Å²) >= 11 is 3.24. The first-order valence-electron chi connectivity index (χ1n) is 5.89. The zero-order chi connectivity index (χ0) is 14.2. The molecule has 0 bridgehead atoms. The Kier molecular flexibility index (Phi) is 3.98. The second kappa shape index (κ2) is 5.22. The van der Waals surface area contributed by atoms with Gasteiger partial charge in [-0.15, -0.1) is 0 Å². The van der Waals surface area contributed by atoms with E-state index in [1.807, 2.05) is 0 Å². The Bertz CT molecular complexity index is 615. The molecule has 2 rings (SSSR count). The lowest BCUT2D eigenvalue weighted by Gasteiger charge is -2.08. The molecule has 19 heavy (non-hydrogen) atoms. The van der Waals surface area contributed by atoms with Crippen LogP contribution in [0.1, 0.15) is 23.7 Å². The van der Waals surface area contributed by atoms with Crippen molar-refractivity contribution in [3.8, 4) is 0 Å². The van der Waals surface area contributed by atoms with Crippen molar-refractivity contribution in [1.82, 2.24) is 5.32 Å². The van der Waals surface area contributed by atoms with Crippen molar-refractivity contribution >= 4 is 31.9 Å². The van der Waals surface area contributed by atoms with Crippen molar-refractivity contribution in [1.29, 1.82) is 0 Å². The number of hydrogen-bond acceptors (Lipinski definition) is 3. The van der Waals surface area contributed by atoms with E-state index >= 15 is 0 Å². The van der Waals surface area contributed by atoms with E-state index < -0.39 is 10.0 Å². The summed E-state index contributed by atoms with van der Waals surface area (Å²) in [5, 5.41) is 7.86. The average molecular weight is 347 g/mol. The van der Waals surface area contributed by atoms with Crippen LogP contribution in [-0.4, -0.2) is 20.9 Å². The Labute approximate surface area is 120 Å². The first-order chi connectivity index (χ1) is 8.79. The Balaban J connectivity index is 2.16. The second-order valence-electron chi connectivity index (χ2n) is 4.87. The molecule has 1 fully saturated rings. The number of sulfonamides is 1. The zero-order valence-electron chi connectivity index (χ0n) is 10.4. The summed E-state index contributed by atoms with van der Waals surface area (Å²) in [5.74, 6) is 0.889. The fourth-order valence-electron chi connectivity index (χ4n) is 1.86. The molecule has 0 aliphatic heterocycles. The van der Waals surface area contributed by atoms with Crippen LogP contribution in [0.4, 0.5) is 0 Å². The SMILES string of the molecule is C[C@H]1C[C@@H]1CNC(=O)c1cc(S(N)(=O)=O)ccc1Br. The van der Waals surface area contributed by atoms with Crippen LogP contribution in [0, 0.1) is 11.8 Å². The molecule has 1 saturated carbocycles. The fraction of sp³-hybridized carbons (Fsp3) is 0.417.